The predicted octanol–water partition coefficient (Wildman–Crippen LogP) is 0.927. The molecule has 1 aliphatic rings. The molecule has 1 heterocycles. The maximum Gasteiger partial charge on any atom is 0.124 e. The van der Waals surface area contributed by atoms with Crippen molar-refractivity contribution in [2.75, 3.05) is 0 Å². The van der Waals surface area contributed by atoms with Gasteiger partial charge in [-0.05, 0) is 12.8 Å². The topological polar surface area (TPSA) is 38.1 Å². The van der Waals surface area contributed by atoms with Crippen LogP contribution in [-0.4, -0.2) is 11.2 Å². The fourth-order valence-electron chi connectivity index (χ4n) is 0.865. The molecule has 0 atom stereocenters. The standard InChI is InChI=1S/C7H10N2O/c1-2-6(1)8-5-7-3-4-10-9-7/h3-4,6,8H,1-2,5H2. The van der Waals surface area contributed by atoms with Crippen molar-refractivity contribution in [3.63, 3.8) is 0 Å². The maximum absolute atomic E-state index is 4.68. The predicted molar refractivity (Wildman–Crippen MR) is 36.4 cm³/mol. The van der Waals surface area contributed by atoms with Crippen molar-refractivity contribution in [1.82, 2.24) is 10.5 Å². The van der Waals surface area contributed by atoms with E-state index >= 15 is 0 Å². The minimum absolute atomic E-state index is 0.747. The van der Waals surface area contributed by atoms with Gasteiger partial charge in [-0.2, -0.15) is 0 Å². The summed E-state index contributed by atoms with van der Waals surface area (Å²) in [6.45, 7) is 0.848. The summed E-state index contributed by atoms with van der Waals surface area (Å²) < 4.78 is 4.68. The lowest BCUT2D eigenvalue weighted by Crippen LogP contribution is -2.15. The summed E-state index contributed by atoms with van der Waals surface area (Å²) in [6.07, 6.45) is 4.24. The zero-order chi connectivity index (χ0) is 6.81. The van der Waals surface area contributed by atoms with Crippen LogP contribution in [0.15, 0.2) is 16.9 Å². The average molecular weight is 138 g/mol. The van der Waals surface area contributed by atoms with Crippen molar-refractivity contribution < 1.29 is 4.52 Å². The van der Waals surface area contributed by atoms with Crippen molar-refractivity contribution in [3.8, 4) is 0 Å². The molecule has 3 nitrogen and oxygen atoms in total. The van der Waals surface area contributed by atoms with Crippen LogP contribution in [-0.2, 0) is 6.54 Å². The van der Waals surface area contributed by atoms with Gasteiger partial charge >= 0.3 is 0 Å². The lowest BCUT2D eigenvalue weighted by atomic mass is 10.4. The molecule has 1 aliphatic carbocycles. The minimum Gasteiger partial charge on any atom is -0.364 e. The van der Waals surface area contributed by atoms with Crippen LogP contribution in [0.4, 0.5) is 0 Å². The van der Waals surface area contributed by atoms with Gasteiger partial charge in [-0.15, -0.1) is 0 Å². The lowest BCUT2D eigenvalue weighted by molar-refractivity contribution is 0.408. The average Bonchev–Trinajstić information content (AvgIpc) is 2.63. The SMILES string of the molecule is c1cc(CNC2CC2)no1. The molecule has 0 saturated heterocycles. The molecule has 1 fully saturated rings. The van der Waals surface area contributed by atoms with Crippen LogP contribution < -0.4 is 5.32 Å². The molecule has 0 aliphatic heterocycles. The zero-order valence-corrected chi connectivity index (χ0v) is 5.71. The van der Waals surface area contributed by atoms with Crippen molar-refractivity contribution >= 4 is 0 Å². The van der Waals surface area contributed by atoms with E-state index in [0.29, 0.717) is 0 Å². The number of hydrogen-bond donors (Lipinski definition) is 1. The second kappa shape index (κ2) is 2.42. The van der Waals surface area contributed by atoms with Gasteiger partial charge in [0.25, 0.3) is 0 Å². The summed E-state index contributed by atoms with van der Waals surface area (Å²) in [6, 6.07) is 2.63. The smallest absolute Gasteiger partial charge is 0.124 e. The molecule has 54 valence electrons. The Morgan fingerprint density at radius 3 is 3.20 bits per heavy atom. The highest BCUT2D eigenvalue weighted by atomic mass is 16.5. The largest absolute Gasteiger partial charge is 0.364 e. The summed E-state index contributed by atoms with van der Waals surface area (Å²) >= 11 is 0. The van der Waals surface area contributed by atoms with E-state index in [1.54, 1.807) is 6.26 Å². The monoisotopic (exact) mass is 138 g/mol. The molecule has 3 heteroatoms. The van der Waals surface area contributed by atoms with Gasteiger partial charge in [0.05, 0.1) is 5.69 Å². The molecule has 1 saturated carbocycles. The van der Waals surface area contributed by atoms with Crippen molar-refractivity contribution in [2.24, 2.45) is 0 Å². The number of aromatic nitrogens is 1. The zero-order valence-electron chi connectivity index (χ0n) is 5.71. The Balaban J connectivity index is 1.79. The van der Waals surface area contributed by atoms with Crippen LogP contribution in [0.2, 0.25) is 0 Å². The molecular formula is C7H10N2O. The molecule has 1 aromatic rings. The molecule has 10 heavy (non-hydrogen) atoms. The molecule has 0 radical (unpaired) electrons. The Bertz CT molecular complexity index is 191. The van der Waals surface area contributed by atoms with E-state index in [1.807, 2.05) is 6.07 Å². The first-order chi connectivity index (χ1) is 4.95. The van der Waals surface area contributed by atoms with E-state index < -0.39 is 0 Å². The first-order valence-electron chi connectivity index (χ1n) is 3.58. The first kappa shape index (κ1) is 5.92. The second-order valence-corrected chi connectivity index (χ2v) is 2.65. The maximum atomic E-state index is 4.68. The molecule has 0 spiro atoms. The molecule has 0 unspecified atom stereocenters. The quantitative estimate of drug-likeness (QED) is 0.675. The van der Waals surface area contributed by atoms with Crippen molar-refractivity contribution in [1.29, 1.82) is 0 Å². The Kier molecular flexibility index (Phi) is 1.43. The highest BCUT2D eigenvalue weighted by Crippen LogP contribution is 2.18. The summed E-state index contributed by atoms with van der Waals surface area (Å²) in [4.78, 5) is 0. The Hall–Kier alpha value is -0.830. The van der Waals surface area contributed by atoms with Crippen LogP contribution >= 0.6 is 0 Å². The highest BCUT2D eigenvalue weighted by molar-refractivity contribution is 4.96. The minimum atomic E-state index is 0.747. The van der Waals surface area contributed by atoms with E-state index in [4.69, 9.17) is 0 Å². The van der Waals surface area contributed by atoms with Gasteiger partial charge in [-0.3, -0.25) is 0 Å². The normalized spacial score (nSPS) is 17.6. The van der Waals surface area contributed by atoms with Crippen LogP contribution in [0.25, 0.3) is 0 Å². The van der Waals surface area contributed by atoms with E-state index in [2.05, 4.69) is 15.0 Å². The fraction of sp³-hybridized carbons (Fsp3) is 0.571. The van der Waals surface area contributed by atoms with E-state index in [0.717, 1.165) is 18.3 Å². The van der Waals surface area contributed by atoms with Crippen molar-refractivity contribution in [2.45, 2.75) is 25.4 Å². The van der Waals surface area contributed by atoms with Crippen LogP contribution in [0, 0.1) is 0 Å². The summed E-state index contributed by atoms with van der Waals surface area (Å²) in [5.74, 6) is 0. The van der Waals surface area contributed by atoms with Gasteiger partial charge in [0.1, 0.15) is 6.26 Å². The number of hydrogen-bond acceptors (Lipinski definition) is 3. The van der Waals surface area contributed by atoms with Gasteiger partial charge in [0.2, 0.25) is 0 Å². The van der Waals surface area contributed by atoms with Crippen LogP contribution in [0.1, 0.15) is 18.5 Å². The molecule has 2 rings (SSSR count). The molecule has 0 amide bonds. The third-order valence-electron chi connectivity index (χ3n) is 1.64. The van der Waals surface area contributed by atoms with Gasteiger partial charge in [0, 0.05) is 18.7 Å². The fourth-order valence-corrected chi connectivity index (χ4v) is 0.865. The van der Waals surface area contributed by atoms with Crippen molar-refractivity contribution in [3.05, 3.63) is 18.0 Å². The van der Waals surface area contributed by atoms with Crippen LogP contribution in [0.3, 0.4) is 0 Å². The van der Waals surface area contributed by atoms with E-state index in [1.165, 1.54) is 12.8 Å². The van der Waals surface area contributed by atoms with E-state index in [9.17, 15) is 0 Å². The molecular weight excluding hydrogens is 128 g/mol. The second-order valence-electron chi connectivity index (χ2n) is 2.65. The van der Waals surface area contributed by atoms with Gasteiger partial charge in [0.15, 0.2) is 0 Å². The summed E-state index contributed by atoms with van der Waals surface area (Å²) in [5, 5.41) is 7.11. The molecule has 1 aromatic heterocycles. The lowest BCUT2D eigenvalue weighted by Gasteiger charge is -1.95. The Morgan fingerprint density at radius 2 is 2.60 bits per heavy atom. The number of nitrogens with one attached hydrogen (secondary N) is 1. The Morgan fingerprint density at radius 1 is 1.70 bits per heavy atom. The highest BCUT2D eigenvalue weighted by Gasteiger charge is 2.20. The number of rotatable bonds is 3. The molecule has 0 aromatic carbocycles. The summed E-state index contributed by atoms with van der Waals surface area (Å²) in [7, 11) is 0. The first-order valence-corrected chi connectivity index (χ1v) is 3.58. The third-order valence-corrected chi connectivity index (χ3v) is 1.64. The Labute approximate surface area is 59.4 Å². The van der Waals surface area contributed by atoms with Gasteiger partial charge < -0.3 is 9.84 Å². The molecule has 0 bridgehead atoms. The number of nitrogens with zero attached hydrogens (tertiary/aromatic N) is 1. The van der Waals surface area contributed by atoms with Gasteiger partial charge in [-0.25, -0.2) is 0 Å². The van der Waals surface area contributed by atoms with E-state index in [-0.39, 0.29) is 0 Å². The van der Waals surface area contributed by atoms with Crippen LogP contribution in [0.5, 0.6) is 0 Å². The summed E-state index contributed by atoms with van der Waals surface area (Å²) in [5.41, 5.74) is 0.993. The van der Waals surface area contributed by atoms with Gasteiger partial charge in [-0.1, -0.05) is 5.16 Å². The molecule has 1 N–H and O–H groups in total. The third kappa shape index (κ3) is 1.36.